The summed E-state index contributed by atoms with van der Waals surface area (Å²) in [4.78, 5) is 51.2. The third-order valence-electron chi connectivity index (χ3n) is 6.57. The molecule has 0 unspecified atom stereocenters. The first kappa shape index (κ1) is 25.7. The second kappa shape index (κ2) is 10.5. The van der Waals surface area contributed by atoms with Crippen molar-refractivity contribution in [2.45, 2.75) is 20.4 Å². The molecule has 2 aromatic heterocycles. The van der Waals surface area contributed by atoms with E-state index in [1.54, 1.807) is 32.0 Å². The van der Waals surface area contributed by atoms with Gasteiger partial charge in [-0.1, -0.05) is 29.3 Å². The highest BCUT2D eigenvalue weighted by molar-refractivity contribution is 6.37. The van der Waals surface area contributed by atoms with E-state index in [0.29, 0.717) is 13.1 Å². The number of aromatic nitrogens is 4. The summed E-state index contributed by atoms with van der Waals surface area (Å²) < 4.78 is 2.34. The number of para-hydroxylation sites is 1. The second-order valence-corrected chi connectivity index (χ2v) is 9.65. The lowest BCUT2D eigenvalue weighted by molar-refractivity contribution is -0.129. The Kier molecular flexibility index (Phi) is 7.09. The van der Waals surface area contributed by atoms with Crippen LogP contribution in [0, 0.1) is 0 Å². The fourth-order valence-corrected chi connectivity index (χ4v) is 5.12. The Morgan fingerprint density at radius 2 is 1.66 bits per heavy atom. The lowest BCUT2D eigenvalue weighted by atomic mass is 10.2. The number of amides is 1. The topological polar surface area (TPSA) is 105 Å². The van der Waals surface area contributed by atoms with E-state index in [4.69, 9.17) is 23.2 Å². The molecule has 1 aliphatic rings. The maximum Gasteiger partial charge on any atom is 0.337 e. The molecule has 3 heterocycles. The molecule has 0 aliphatic carbocycles. The van der Waals surface area contributed by atoms with E-state index >= 15 is 0 Å². The number of piperazine rings is 1. The van der Waals surface area contributed by atoms with Crippen LogP contribution in [-0.2, 0) is 11.3 Å². The summed E-state index contributed by atoms with van der Waals surface area (Å²) in [7, 11) is 0. The van der Waals surface area contributed by atoms with Crippen molar-refractivity contribution in [3.05, 3.63) is 79.5 Å². The summed E-state index contributed by atoms with van der Waals surface area (Å²) in [6.07, 6.45) is 1.39. The zero-order valence-electron chi connectivity index (χ0n) is 20.8. The number of benzene rings is 2. The number of nitrogens with zero attached hydrogens (tertiary/aromatic N) is 6. The lowest BCUT2D eigenvalue weighted by Gasteiger charge is -2.35. The van der Waals surface area contributed by atoms with Crippen molar-refractivity contribution in [3.63, 3.8) is 0 Å². The van der Waals surface area contributed by atoms with Crippen LogP contribution in [-0.4, -0.2) is 56.1 Å². The van der Waals surface area contributed by atoms with Gasteiger partial charge in [0.15, 0.2) is 5.65 Å². The van der Waals surface area contributed by atoms with Gasteiger partial charge in [0.05, 0.1) is 15.7 Å². The van der Waals surface area contributed by atoms with Crippen LogP contribution in [0.5, 0.6) is 0 Å². The third-order valence-corrected chi connectivity index (χ3v) is 7.18. The number of fused-ring (bicyclic) bond motifs is 1. The standard InChI is InChI=1S/C26H25Cl2N7O3/c1-3-34-23-19(24(37)35(26(34)38)22-20(27)5-4-6-21(22)28)15-29-25(31-23)30-17-7-9-18(10-8-17)33-13-11-32(12-14-33)16(2)36/h4-10,15H,3,11-14H2,1-2H3,(H,29,30,31). The van der Waals surface area contributed by atoms with E-state index in [0.717, 1.165) is 29.0 Å². The summed E-state index contributed by atoms with van der Waals surface area (Å²) in [6.45, 7) is 6.58. The molecule has 12 heteroatoms. The highest BCUT2D eigenvalue weighted by Gasteiger charge is 2.21. The van der Waals surface area contributed by atoms with Crippen LogP contribution in [0.15, 0.2) is 58.3 Å². The molecule has 2 aromatic carbocycles. The van der Waals surface area contributed by atoms with Crippen LogP contribution in [0.25, 0.3) is 16.7 Å². The first-order valence-electron chi connectivity index (χ1n) is 12.1. The lowest BCUT2D eigenvalue weighted by Crippen LogP contribution is -2.48. The van der Waals surface area contributed by atoms with E-state index < -0.39 is 11.2 Å². The molecule has 0 spiro atoms. The van der Waals surface area contributed by atoms with Gasteiger partial charge in [-0.25, -0.2) is 14.3 Å². The molecular formula is C26H25Cl2N7O3. The van der Waals surface area contributed by atoms with Gasteiger partial charge in [-0.3, -0.25) is 14.2 Å². The van der Waals surface area contributed by atoms with Gasteiger partial charge in [0, 0.05) is 57.2 Å². The minimum absolute atomic E-state index is 0.0969. The van der Waals surface area contributed by atoms with Gasteiger partial charge in [-0.05, 0) is 43.3 Å². The normalized spacial score (nSPS) is 13.7. The maximum absolute atomic E-state index is 13.4. The smallest absolute Gasteiger partial charge is 0.337 e. The van der Waals surface area contributed by atoms with E-state index in [1.165, 1.54) is 10.8 Å². The van der Waals surface area contributed by atoms with Crippen molar-refractivity contribution >= 4 is 57.5 Å². The molecule has 0 saturated carbocycles. The van der Waals surface area contributed by atoms with Crippen LogP contribution < -0.4 is 21.5 Å². The Labute approximate surface area is 228 Å². The Balaban J connectivity index is 1.45. The van der Waals surface area contributed by atoms with Crippen molar-refractivity contribution in [2.75, 3.05) is 36.4 Å². The van der Waals surface area contributed by atoms with Gasteiger partial charge in [0.25, 0.3) is 5.56 Å². The summed E-state index contributed by atoms with van der Waals surface area (Å²) in [5.41, 5.74) is 0.928. The number of rotatable bonds is 5. The average Bonchev–Trinajstić information content (AvgIpc) is 2.91. The van der Waals surface area contributed by atoms with Gasteiger partial charge < -0.3 is 15.1 Å². The van der Waals surface area contributed by atoms with Crippen LogP contribution >= 0.6 is 23.2 Å². The van der Waals surface area contributed by atoms with Crippen molar-refractivity contribution < 1.29 is 4.79 Å². The molecular weight excluding hydrogens is 529 g/mol. The van der Waals surface area contributed by atoms with Gasteiger partial charge in [-0.2, -0.15) is 4.98 Å². The minimum Gasteiger partial charge on any atom is -0.368 e. The number of hydrogen-bond acceptors (Lipinski definition) is 7. The van der Waals surface area contributed by atoms with Crippen LogP contribution in [0.2, 0.25) is 10.0 Å². The predicted molar refractivity (Wildman–Crippen MR) is 149 cm³/mol. The van der Waals surface area contributed by atoms with Crippen molar-refractivity contribution in [1.82, 2.24) is 24.0 Å². The molecule has 1 saturated heterocycles. The van der Waals surface area contributed by atoms with Crippen LogP contribution in [0.3, 0.4) is 0 Å². The highest BCUT2D eigenvalue weighted by atomic mass is 35.5. The SMILES string of the molecule is CCn1c(=O)n(-c2c(Cl)cccc2Cl)c(=O)c2cnc(Nc3ccc(N4CCN(C(C)=O)CC4)cc3)nc21. The Bertz CT molecular complexity index is 1620. The van der Waals surface area contributed by atoms with Gasteiger partial charge in [-0.15, -0.1) is 0 Å². The third kappa shape index (κ3) is 4.72. The molecule has 1 aliphatic heterocycles. The molecule has 10 nitrogen and oxygen atoms in total. The van der Waals surface area contributed by atoms with Gasteiger partial charge >= 0.3 is 5.69 Å². The number of halogens is 2. The molecule has 1 amide bonds. The largest absolute Gasteiger partial charge is 0.368 e. The summed E-state index contributed by atoms with van der Waals surface area (Å²) in [5.74, 6) is 0.342. The molecule has 1 fully saturated rings. The number of nitrogens with one attached hydrogen (secondary N) is 1. The number of anilines is 3. The second-order valence-electron chi connectivity index (χ2n) is 8.83. The first-order chi connectivity index (χ1) is 18.3. The van der Waals surface area contributed by atoms with E-state index in [9.17, 15) is 14.4 Å². The van der Waals surface area contributed by atoms with Gasteiger partial charge in [0.2, 0.25) is 11.9 Å². The minimum atomic E-state index is -0.606. The fourth-order valence-electron chi connectivity index (χ4n) is 4.56. The van der Waals surface area contributed by atoms with Crippen molar-refractivity contribution in [3.8, 4) is 5.69 Å². The number of hydrogen-bond donors (Lipinski definition) is 1. The molecule has 38 heavy (non-hydrogen) atoms. The molecule has 0 radical (unpaired) electrons. The Hall–Kier alpha value is -3.89. The zero-order valence-corrected chi connectivity index (χ0v) is 22.3. The van der Waals surface area contributed by atoms with E-state index in [2.05, 4.69) is 20.2 Å². The Morgan fingerprint density at radius 1 is 1.00 bits per heavy atom. The fraction of sp³-hybridized carbons (Fsp3) is 0.269. The summed E-state index contributed by atoms with van der Waals surface area (Å²) in [5, 5.41) is 3.67. The molecule has 1 N–H and O–H groups in total. The van der Waals surface area contributed by atoms with Crippen LogP contribution in [0.4, 0.5) is 17.3 Å². The molecule has 0 atom stereocenters. The average molecular weight is 554 g/mol. The van der Waals surface area contributed by atoms with Crippen molar-refractivity contribution in [2.24, 2.45) is 0 Å². The Morgan fingerprint density at radius 3 is 2.26 bits per heavy atom. The van der Waals surface area contributed by atoms with Crippen LogP contribution in [0.1, 0.15) is 13.8 Å². The molecule has 0 bridgehead atoms. The number of carbonyl (C=O) groups excluding carboxylic acids is 1. The van der Waals surface area contributed by atoms with E-state index in [-0.39, 0.29) is 45.2 Å². The predicted octanol–water partition coefficient (Wildman–Crippen LogP) is 3.68. The number of aryl methyl sites for hydroxylation is 1. The molecule has 196 valence electrons. The molecule has 5 rings (SSSR count). The quantitative estimate of drug-likeness (QED) is 0.401. The summed E-state index contributed by atoms with van der Waals surface area (Å²) >= 11 is 12.6. The molecule has 4 aromatic rings. The van der Waals surface area contributed by atoms with Gasteiger partial charge in [0.1, 0.15) is 5.39 Å². The monoisotopic (exact) mass is 553 g/mol. The highest BCUT2D eigenvalue weighted by Crippen LogP contribution is 2.27. The number of carbonyl (C=O) groups is 1. The first-order valence-corrected chi connectivity index (χ1v) is 12.9. The zero-order chi connectivity index (χ0) is 27.0. The van der Waals surface area contributed by atoms with Crippen molar-refractivity contribution in [1.29, 1.82) is 0 Å². The summed E-state index contributed by atoms with van der Waals surface area (Å²) in [6, 6.07) is 12.6. The van der Waals surface area contributed by atoms with E-state index in [1.807, 2.05) is 29.2 Å². The maximum atomic E-state index is 13.4.